The largest absolute Gasteiger partial charge is 0.423 e. The molecular weight excluding hydrogens is 366 g/mol. The summed E-state index contributed by atoms with van der Waals surface area (Å²) in [4.78, 5) is 38.3. The lowest BCUT2D eigenvalue weighted by atomic mass is 10.1. The first-order chi connectivity index (χ1) is 14.0. The number of hydrogen-bond donors (Lipinski definition) is 0. The lowest BCUT2D eigenvalue weighted by Gasteiger charge is -2.13. The van der Waals surface area contributed by atoms with Crippen molar-refractivity contribution in [2.75, 3.05) is 6.54 Å². The number of nitrogens with zero attached hydrogens (tertiary/aromatic N) is 1. The predicted molar refractivity (Wildman–Crippen MR) is 108 cm³/mol. The summed E-state index contributed by atoms with van der Waals surface area (Å²) in [5.41, 5.74) is 3.41. The van der Waals surface area contributed by atoms with Crippen LogP contribution in [0.1, 0.15) is 42.2 Å². The minimum Gasteiger partial charge on any atom is -0.423 e. The highest BCUT2D eigenvalue weighted by molar-refractivity contribution is 6.21. The first-order valence-electron chi connectivity index (χ1n) is 9.36. The number of imide groups is 1. The molecule has 0 saturated heterocycles. The van der Waals surface area contributed by atoms with Crippen molar-refractivity contribution in [2.24, 2.45) is 0 Å². The van der Waals surface area contributed by atoms with Crippen LogP contribution >= 0.6 is 0 Å². The van der Waals surface area contributed by atoms with Crippen LogP contribution < -0.4 is 4.74 Å². The number of esters is 1. The van der Waals surface area contributed by atoms with Gasteiger partial charge in [-0.2, -0.15) is 0 Å². The van der Waals surface area contributed by atoms with E-state index in [4.69, 9.17) is 4.74 Å². The monoisotopic (exact) mass is 385 g/mol. The number of aryl methyl sites for hydroxylation is 1. The van der Waals surface area contributed by atoms with Gasteiger partial charge in [-0.05, 0) is 55.3 Å². The quantitative estimate of drug-likeness (QED) is 0.378. The Labute approximate surface area is 168 Å². The van der Waals surface area contributed by atoms with Crippen LogP contribution in [0, 0.1) is 6.92 Å². The lowest BCUT2D eigenvalue weighted by molar-refractivity contribution is 0.0654. The van der Waals surface area contributed by atoms with E-state index in [1.165, 1.54) is 4.90 Å². The van der Waals surface area contributed by atoms with Crippen LogP contribution in [0.25, 0.3) is 0 Å². The van der Waals surface area contributed by atoms with Crippen molar-refractivity contribution in [2.45, 2.75) is 13.3 Å². The fourth-order valence-electron chi connectivity index (χ4n) is 3.26. The molecule has 0 saturated carbocycles. The Kier molecular flexibility index (Phi) is 4.96. The molecule has 0 aliphatic carbocycles. The van der Waals surface area contributed by atoms with Crippen molar-refractivity contribution in [3.63, 3.8) is 0 Å². The molecule has 3 aromatic carbocycles. The number of rotatable bonds is 5. The van der Waals surface area contributed by atoms with E-state index in [1.807, 2.05) is 31.2 Å². The highest BCUT2D eigenvalue weighted by Gasteiger charge is 2.34. The Hall–Kier alpha value is -3.73. The summed E-state index contributed by atoms with van der Waals surface area (Å²) >= 11 is 0. The summed E-state index contributed by atoms with van der Waals surface area (Å²) in [6.45, 7) is 2.25. The van der Waals surface area contributed by atoms with Crippen LogP contribution in [0.4, 0.5) is 0 Å². The van der Waals surface area contributed by atoms with Crippen molar-refractivity contribution in [1.82, 2.24) is 4.90 Å². The molecule has 0 atom stereocenters. The second kappa shape index (κ2) is 7.72. The molecule has 1 aliphatic heterocycles. The van der Waals surface area contributed by atoms with E-state index < -0.39 is 5.97 Å². The van der Waals surface area contributed by atoms with E-state index in [0.717, 1.165) is 11.1 Å². The van der Waals surface area contributed by atoms with Crippen LogP contribution in [0.2, 0.25) is 0 Å². The van der Waals surface area contributed by atoms with Crippen LogP contribution in [0.3, 0.4) is 0 Å². The van der Waals surface area contributed by atoms with E-state index in [2.05, 4.69) is 0 Å². The molecule has 144 valence electrons. The molecule has 29 heavy (non-hydrogen) atoms. The Bertz CT molecular complexity index is 1050. The van der Waals surface area contributed by atoms with Gasteiger partial charge in [0.25, 0.3) is 11.8 Å². The minimum atomic E-state index is -0.413. The smallest absolute Gasteiger partial charge is 0.343 e. The molecule has 0 N–H and O–H groups in total. The average Bonchev–Trinajstić information content (AvgIpc) is 2.98. The molecule has 5 heteroatoms. The highest BCUT2D eigenvalue weighted by atomic mass is 16.5. The van der Waals surface area contributed by atoms with Gasteiger partial charge >= 0.3 is 5.97 Å². The number of hydrogen-bond acceptors (Lipinski definition) is 4. The van der Waals surface area contributed by atoms with Crippen LogP contribution in [-0.2, 0) is 6.42 Å². The maximum atomic E-state index is 12.4. The SMILES string of the molecule is Cc1ccc(C(=O)Oc2ccc(CCN3C(=O)c4ccccc4C3=O)cc2)cc1. The molecule has 0 bridgehead atoms. The summed E-state index contributed by atoms with van der Waals surface area (Å²) in [5, 5.41) is 0. The summed E-state index contributed by atoms with van der Waals surface area (Å²) in [5.74, 6) is -0.479. The van der Waals surface area contributed by atoms with Crippen molar-refractivity contribution in [3.05, 3.63) is 101 Å². The van der Waals surface area contributed by atoms with E-state index in [-0.39, 0.29) is 11.8 Å². The summed E-state index contributed by atoms with van der Waals surface area (Å²) in [7, 11) is 0. The molecule has 1 aliphatic rings. The molecular formula is C24H19NO4. The Morgan fingerprint density at radius 1 is 0.828 bits per heavy atom. The first kappa shape index (κ1) is 18.6. The number of carbonyl (C=O) groups is 3. The molecule has 2 amide bonds. The Balaban J connectivity index is 1.37. The molecule has 0 spiro atoms. The maximum Gasteiger partial charge on any atom is 0.343 e. The van der Waals surface area contributed by atoms with Crippen molar-refractivity contribution >= 4 is 17.8 Å². The van der Waals surface area contributed by atoms with Gasteiger partial charge in [0.05, 0.1) is 16.7 Å². The van der Waals surface area contributed by atoms with Crippen LogP contribution in [0.15, 0.2) is 72.8 Å². The predicted octanol–water partition coefficient (Wildman–Crippen LogP) is 4.05. The summed E-state index contributed by atoms with van der Waals surface area (Å²) in [6, 6.07) is 21.1. The lowest BCUT2D eigenvalue weighted by Crippen LogP contribution is -2.31. The third-order valence-electron chi connectivity index (χ3n) is 4.92. The minimum absolute atomic E-state index is 0.255. The van der Waals surface area contributed by atoms with Gasteiger partial charge in [-0.3, -0.25) is 14.5 Å². The molecule has 4 rings (SSSR count). The molecule has 5 nitrogen and oxygen atoms in total. The van der Waals surface area contributed by atoms with E-state index in [0.29, 0.717) is 35.4 Å². The number of amides is 2. The first-order valence-corrected chi connectivity index (χ1v) is 9.36. The summed E-state index contributed by atoms with van der Waals surface area (Å²) < 4.78 is 5.39. The number of carbonyl (C=O) groups excluding carboxylic acids is 3. The maximum absolute atomic E-state index is 12.4. The van der Waals surface area contributed by atoms with E-state index in [9.17, 15) is 14.4 Å². The highest BCUT2D eigenvalue weighted by Crippen LogP contribution is 2.23. The summed E-state index contributed by atoms with van der Waals surface area (Å²) in [6.07, 6.45) is 0.525. The van der Waals surface area contributed by atoms with Gasteiger partial charge in [0, 0.05) is 6.54 Å². The molecule has 1 heterocycles. The van der Waals surface area contributed by atoms with E-state index >= 15 is 0 Å². The van der Waals surface area contributed by atoms with Crippen LogP contribution in [0.5, 0.6) is 5.75 Å². The second-order valence-electron chi connectivity index (χ2n) is 6.96. The zero-order valence-corrected chi connectivity index (χ0v) is 15.9. The van der Waals surface area contributed by atoms with Gasteiger partial charge < -0.3 is 4.74 Å². The van der Waals surface area contributed by atoms with Gasteiger partial charge in [-0.25, -0.2) is 4.79 Å². The standard InChI is InChI=1S/C24H19NO4/c1-16-6-10-18(11-7-16)24(28)29-19-12-8-17(9-13-19)14-15-25-22(26)20-4-2-3-5-21(20)23(25)27/h2-13H,14-15H2,1H3. The Morgan fingerprint density at radius 2 is 1.41 bits per heavy atom. The zero-order chi connectivity index (χ0) is 20.4. The molecule has 0 fully saturated rings. The number of fused-ring (bicyclic) bond motifs is 1. The van der Waals surface area contributed by atoms with Gasteiger partial charge in [0.2, 0.25) is 0 Å². The topological polar surface area (TPSA) is 63.7 Å². The van der Waals surface area contributed by atoms with Crippen molar-refractivity contribution in [1.29, 1.82) is 0 Å². The Morgan fingerprint density at radius 3 is 2.00 bits per heavy atom. The molecule has 0 aromatic heterocycles. The van der Waals surface area contributed by atoms with E-state index in [1.54, 1.807) is 48.5 Å². The van der Waals surface area contributed by atoms with Gasteiger partial charge in [-0.15, -0.1) is 0 Å². The van der Waals surface area contributed by atoms with Crippen molar-refractivity contribution < 1.29 is 19.1 Å². The van der Waals surface area contributed by atoms with Gasteiger partial charge in [-0.1, -0.05) is 42.0 Å². The van der Waals surface area contributed by atoms with Crippen molar-refractivity contribution in [3.8, 4) is 5.75 Å². The van der Waals surface area contributed by atoms with Crippen LogP contribution in [-0.4, -0.2) is 29.2 Å². The molecule has 0 unspecified atom stereocenters. The third-order valence-corrected chi connectivity index (χ3v) is 4.92. The fourth-order valence-corrected chi connectivity index (χ4v) is 3.26. The average molecular weight is 385 g/mol. The normalized spacial score (nSPS) is 12.8. The molecule has 0 radical (unpaired) electrons. The fraction of sp³-hybridized carbons (Fsp3) is 0.125. The van der Waals surface area contributed by atoms with Gasteiger partial charge in [0.1, 0.15) is 5.75 Å². The second-order valence-corrected chi connectivity index (χ2v) is 6.96. The number of benzene rings is 3. The zero-order valence-electron chi connectivity index (χ0n) is 15.9. The number of ether oxygens (including phenoxy) is 1. The third kappa shape index (κ3) is 3.80. The van der Waals surface area contributed by atoms with Gasteiger partial charge in [0.15, 0.2) is 0 Å². The molecule has 3 aromatic rings.